The SMILES string of the molecule is OCN(CO)c1nc(C2CCCCC2)nc(N(CO)CO)n1. The van der Waals surface area contributed by atoms with Gasteiger partial charge in [0.2, 0.25) is 11.9 Å². The van der Waals surface area contributed by atoms with Gasteiger partial charge in [0.1, 0.15) is 32.7 Å². The summed E-state index contributed by atoms with van der Waals surface area (Å²) in [5.41, 5.74) is 0. The van der Waals surface area contributed by atoms with Crippen molar-refractivity contribution in [2.24, 2.45) is 0 Å². The molecule has 4 N–H and O–H groups in total. The van der Waals surface area contributed by atoms with Crippen LogP contribution in [0, 0.1) is 0 Å². The van der Waals surface area contributed by atoms with Crippen LogP contribution in [0.15, 0.2) is 0 Å². The summed E-state index contributed by atoms with van der Waals surface area (Å²) in [5.74, 6) is 1.01. The molecule has 22 heavy (non-hydrogen) atoms. The lowest BCUT2D eigenvalue weighted by molar-refractivity contribution is 0.217. The van der Waals surface area contributed by atoms with E-state index >= 15 is 0 Å². The van der Waals surface area contributed by atoms with E-state index in [-0.39, 0.29) is 17.8 Å². The highest BCUT2D eigenvalue weighted by molar-refractivity contribution is 5.38. The monoisotopic (exact) mass is 313 g/mol. The van der Waals surface area contributed by atoms with Crippen molar-refractivity contribution in [3.05, 3.63) is 5.82 Å². The first-order valence-electron chi connectivity index (χ1n) is 7.42. The van der Waals surface area contributed by atoms with Crippen molar-refractivity contribution in [2.75, 3.05) is 36.7 Å². The van der Waals surface area contributed by atoms with Gasteiger partial charge in [-0.3, -0.25) is 9.80 Å². The van der Waals surface area contributed by atoms with Gasteiger partial charge in [-0.25, -0.2) is 0 Å². The van der Waals surface area contributed by atoms with Crippen LogP contribution in [0.2, 0.25) is 0 Å². The molecule has 0 aliphatic heterocycles. The third-order valence-corrected chi connectivity index (χ3v) is 3.85. The first-order chi connectivity index (χ1) is 10.7. The number of aliphatic hydroxyl groups is 4. The largest absolute Gasteiger partial charge is 0.376 e. The second-order valence-corrected chi connectivity index (χ2v) is 5.27. The molecule has 1 heterocycles. The van der Waals surface area contributed by atoms with Crippen LogP contribution in [0.1, 0.15) is 43.8 Å². The van der Waals surface area contributed by atoms with Gasteiger partial charge in [-0.15, -0.1) is 0 Å². The number of hydrogen-bond donors (Lipinski definition) is 4. The fourth-order valence-corrected chi connectivity index (χ4v) is 2.54. The third-order valence-electron chi connectivity index (χ3n) is 3.85. The maximum absolute atomic E-state index is 9.28. The van der Waals surface area contributed by atoms with Gasteiger partial charge in [-0.2, -0.15) is 15.0 Å². The molecule has 0 spiro atoms. The van der Waals surface area contributed by atoms with Crippen molar-refractivity contribution >= 4 is 11.9 Å². The summed E-state index contributed by atoms with van der Waals surface area (Å²) in [7, 11) is 0. The van der Waals surface area contributed by atoms with Crippen LogP contribution in [0.5, 0.6) is 0 Å². The van der Waals surface area contributed by atoms with Crippen molar-refractivity contribution in [3.63, 3.8) is 0 Å². The van der Waals surface area contributed by atoms with E-state index in [0.29, 0.717) is 5.82 Å². The van der Waals surface area contributed by atoms with Crippen LogP contribution >= 0.6 is 0 Å². The van der Waals surface area contributed by atoms with Crippen molar-refractivity contribution in [1.82, 2.24) is 15.0 Å². The molecule has 1 aromatic rings. The molecular weight excluding hydrogens is 290 g/mol. The Kier molecular flexibility index (Phi) is 6.25. The van der Waals surface area contributed by atoms with E-state index in [4.69, 9.17) is 0 Å². The topological polar surface area (TPSA) is 126 Å². The molecule has 1 aliphatic carbocycles. The second-order valence-electron chi connectivity index (χ2n) is 5.27. The van der Waals surface area contributed by atoms with Gasteiger partial charge in [0.25, 0.3) is 0 Å². The van der Waals surface area contributed by atoms with Gasteiger partial charge in [0.05, 0.1) is 0 Å². The van der Waals surface area contributed by atoms with Crippen molar-refractivity contribution < 1.29 is 20.4 Å². The predicted octanol–water partition coefficient (Wildman–Crippen LogP) is -0.669. The summed E-state index contributed by atoms with van der Waals surface area (Å²) in [6.07, 6.45) is 5.35. The zero-order valence-corrected chi connectivity index (χ0v) is 12.5. The first-order valence-corrected chi connectivity index (χ1v) is 7.42. The first kappa shape index (κ1) is 16.8. The van der Waals surface area contributed by atoms with E-state index in [1.54, 1.807) is 0 Å². The zero-order valence-electron chi connectivity index (χ0n) is 12.5. The summed E-state index contributed by atoms with van der Waals surface area (Å²) in [4.78, 5) is 15.1. The van der Waals surface area contributed by atoms with E-state index in [1.165, 1.54) is 16.2 Å². The minimum atomic E-state index is -0.442. The number of aliphatic hydroxyl groups excluding tert-OH is 4. The van der Waals surface area contributed by atoms with E-state index in [1.807, 2.05) is 0 Å². The van der Waals surface area contributed by atoms with Crippen molar-refractivity contribution in [3.8, 4) is 0 Å². The molecule has 1 fully saturated rings. The van der Waals surface area contributed by atoms with Crippen LogP contribution in [0.4, 0.5) is 11.9 Å². The van der Waals surface area contributed by atoms with Gasteiger partial charge in [0, 0.05) is 5.92 Å². The Morgan fingerprint density at radius 3 is 1.59 bits per heavy atom. The summed E-state index contributed by atoms with van der Waals surface area (Å²) < 4.78 is 0. The normalized spacial score (nSPS) is 15.8. The number of hydrogen-bond acceptors (Lipinski definition) is 9. The fraction of sp³-hybridized carbons (Fsp3) is 0.769. The standard InChI is InChI=1S/C13H23N5O4/c19-6-17(7-20)12-14-11(10-4-2-1-3-5-10)15-13(16-12)18(8-21)9-22/h10,19-22H,1-9H2. The van der Waals surface area contributed by atoms with Crippen LogP contribution in [0.3, 0.4) is 0 Å². The Morgan fingerprint density at radius 1 is 0.727 bits per heavy atom. The minimum absolute atomic E-state index is 0.127. The quantitative estimate of drug-likeness (QED) is 0.485. The van der Waals surface area contributed by atoms with E-state index < -0.39 is 26.9 Å². The summed E-state index contributed by atoms with van der Waals surface area (Å²) >= 11 is 0. The highest BCUT2D eigenvalue weighted by Gasteiger charge is 2.23. The second kappa shape index (κ2) is 8.18. The van der Waals surface area contributed by atoms with Gasteiger partial charge in [-0.1, -0.05) is 19.3 Å². The smallest absolute Gasteiger partial charge is 0.234 e. The Balaban J connectivity index is 2.38. The Hall–Kier alpha value is -1.55. The van der Waals surface area contributed by atoms with Gasteiger partial charge in [0.15, 0.2) is 0 Å². The lowest BCUT2D eigenvalue weighted by Gasteiger charge is -2.25. The summed E-state index contributed by atoms with van der Waals surface area (Å²) in [6, 6.07) is 0. The molecular formula is C13H23N5O4. The van der Waals surface area contributed by atoms with Crippen LogP contribution in [-0.2, 0) is 0 Å². The van der Waals surface area contributed by atoms with E-state index in [9.17, 15) is 20.4 Å². The minimum Gasteiger partial charge on any atom is -0.376 e. The van der Waals surface area contributed by atoms with Crippen LogP contribution in [-0.4, -0.2) is 62.3 Å². The number of rotatable bonds is 7. The molecule has 0 radical (unpaired) electrons. The molecule has 1 saturated carbocycles. The van der Waals surface area contributed by atoms with Gasteiger partial charge < -0.3 is 20.4 Å². The number of anilines is 2. The Labute approximate surface area is 128 Å². The molecule has 1 aromatic heterocycles. The molecule has 9 nitrogen and oxygen atoms in total. The van der Waals surface area contributed by atoms with Crippen molar-refractivity contribution in [1.29, 1.82) is 0 Å². The molecule has 0 unspecified atom stereocenters. The molecule has 0 amide bonds. The highest BCUT2D eigenvalue weighted by atomic mass is 16.3. The molecule has 9 heteroatoms. The van der Waals surface area contributed by atoms with Crippen LogP contribution < -0.4 is 9.80 Å². The average Bonchev–Trinajstić information content (AvgIpc) is 2.58. The van der Waals surface area contributed by atoms with E-state index in [0.717, 1.165) is 25.7 Å². The predicted molar refractivity (Wildman–Crippen MR) is 79.0 cm³/mol. The third kappa shape index (κ3) is 3.80. The highest BCUT2D eigenvalue weighted by Crippen LogP contribution is 2.31. The molecule has 124 valence electrons. The molecule has 0 aromatic carbocycles. The lowest BCUT2D eigenvalue weighted by Crippen LogP contribution is -2.32. The zero-order chi connectivity index (χ0) is 15.9. The maximum atomic E-state index is 9.28. The summed E-state index contributed by atoms with van der Waals surface area (Å²) in [5, 5.41) is 37.1. The van der Waals surface area contributed by atoms with Crippen LogP contribution in [0.25, 0.3) is 0 Å². The molecule has 0 saturated heterocycles. The molecule has 0 atom stereocenters. The molecule has 2 rings (SSSR count). The van der Waals surface area contributed by atoms with Gasteiger partial charge in [-0.05, 0) is 12.8 Å². The summed E-state index contributed by atoms with van der Waals surface area (Å²) in [6.45, 7) is -1.77. The Bertz CT molecular complexity index is 431. The average molecular weight is 313 g/mol. The lowest BCUT2D eigenvalue weighted by atomic mass is 9.89. The van der Waals surface area contributed by atoms with Gasteiger partial charge >= 0.3 is 0 Å². The molecule has 0 bridgehead atoms. The Morgan fingerprint density at radius 2 is 1.18 bits per heavy atom. The molecule has 1 aliphatic rings. The van der Waals surface area contributed by atoms with E-state index in [2.05, 4.69) is 15.0 Å². The van der Waals surface area contributed by atoms with Crippen molar-refractivity contribution in [2.45, 2.75) is 38.0 Å². The number of nitrogens with zero attached hydrogens (tertiary/aromatic N) is 5. The maximum Gasteiger partial charge on any atom is 0.234 e. The fourth-order valence-electron chi connectivity index (χ4n) is 2.54. The number of aromatic nitrogens is 3.